The lowest BCUT2D eigenvalue weighted by Crippen LogP contribution is -2.40. The van der Waals surface area contributed by atoms with E-state index in [1.807, 2.05) is 29.7 Å². The first kappa shape index (κ1) is 15.8. The first-order valence-corrected chi connectivity index (χ1v) is 8.23. The van der Waals surface area contributed by atoms with Crippen molar-refractivity contribution in [3.05, 3.63) is 34.5 Å². The molecule has 1 aliphatic carbocycles. The maximum absolute atomic E-state index is 12.5. The molecule has 0 radical (unpaired) electrons. The molecule has 0 saturated carbocycles. The summed E-state index contributed by atoms with van der Waals surface area (Å²) in [4.78, 5) is 24.9. The predicted molar refractivity (Wildman–Crippen MR) is 83.1 cm³/mol. The van der Waals surface area contributed by atoms with Crippen LogP contribution in [-0.4, -0.2) is 17.0 Å². The second-order valence-electron chi connectivity index (χ2n) is 5.36. The van der Waals surface area contributed by atoms with Gasteiger partial charge in [0.25, 0.3) is 0 Å². The number of hydrogen-bond donors (Lipinski definition) is 2. The molecule has 114 valence electrons. The molecule has 0 spiro atoms. The van der Waals surface area contributed by atoms with E-state index < -0.39 is 17.8 Å². The smallest absolute Gasteiger partial charge is 0.307 e. The molecular formula is C16H21NO3S. The molecule has 0 aliphatic heterocycles. The Hall–Kier alpha value is -1.62. The summed E-state index contributed by atoms with van der Waals surface area (Å²) in [7, 11) is 0. The van der Waals surface area contributed by atoms with Crippen molar-refractivity contribution in [1.29, 1.82) is 0 Å². The number of nitrogens with one attached hydrogen (secondary N) is 1. The minimum atomic E-state index is -0.886. The Kier molecular flexibility index (Phi) is 5.56. The molecule has 4 nitrogen and oxygen atoms in total. The van der Waals surface area contributed by atoms with Gasteiger partial charge in [-0.3, -0.25) is 9.59 Å². The van der Waals surface area contributed by atoms with Gasteiger partial charge in [-0.15, -0.1) is 11.3 Å². The Balaban J connectivity index is 2.07. The highest BCUT2D eigenvalue weighted by Crippen LogP contribution is 2.29. The lowest BCUT2D eigenvalue weighted by atomic mass is 9.82. The van der Waals surface area contributed by atoms with Crippen molar-refractivity contribution in [3.63, 3.8) is 0 Å². The molecule has 0 aromatic carbocycles. The maximum atomic E-state index is 12.5. The minimum absolute atomic E-state index is 0.0112. The van der Waals surface area contributed by atoms with E-state index in [2.05, 4.69) is 12.2 Å². The average molecular weight is 307 g/mol. The van der Waals surface area contributed by atoms with Gasteiger partial charge in [0.05, 0.1) is 17.9 Å². The van der Waals surface area contributed by atoms with Gasteiger partial charge in [0.2, 0.25) is 5.91 Å². The Morgan fingerprint density at radius 1 is 1.38 bits per heavy atom. The van der Waals surface area contributed by atoms with Crippen LogP contribution in [0.3, 0.4) is 0 Å². The Morgan fingerprint density at radius 3 is 2.67 bits per heavy atom. The third-order valence-electron chi connectivity index (χ3n) is 3.87. The van der Waals surface area contributed by atoms with Crippen LogP contribution in [0.25, 0.3) is 0 Å². The van der Waals surface area contributed by atoms with Gasteiger partial charge in [0.1, 0.15) is 0 Å². The van der Waals surface area contributed by atoms with E-state index in [1.165, 1.54) is 0 Å². The summed E-state index contributed by atoms with van der Waals surface area (Å²) in [5, 5.41) is 14.3. The Morgan fingerprint density at radius 2 is 2.10 bits per heavy atom. The number of carbonyl (C=O) groups excluding carboxylic acids is 1. The zero-order valence-corrected chi connectivity index (χ0v) is 12.9. The largest absolute Gasteiger partial charge is 0.481 e. The lowest BCUT2D eigenvalue weighted by Gasteiger charge is -2.26. The Bertz CT molecular complexity index is 510. The van der Waals surface area contributed by atoms with Crippen molar-refractivity contribution < 1.29 is 14.7 Å². The topological polar surface area (TPSA) is 66.4 Å². The highest BCUT2D eigenvalue weighted by Gasteiger charge is 2.34. The molecule has 3 unspecified atom stereocenters. The minimum Gasteiger partial charge on any atom is -0.481 e. The van der Waals surface area contributed by atoms with E-state index in [0.717, 1.165) is 17.7 Å². The molecule has 0 bridgehead atoms. The van der Waals surface area contributed by atoms with Crippen LogP contribution in [-0.2, 0) is 9.59 Å². The van der Waals surface area contributed by atoms with Crippen molar-refractivity contribution >= 4 is 23.2 Å². The van der Waals surface area contributed by atoms with Crippen LogP contribution in [0.2, 0.25) is 0 Å². The first-order valence-electron chi connectivity index (χ1n) is 7.35. The normalized spacial score (nSPS) is 22.7. The molecule has 1 aliphatic rings. The second-order valence-corrected chi connectivity index (χ2v) is 6.34. The fourth-order valence-electron chi connectivity index (χ4n) is 2.72. The van der Waals surface area contributed by atoms with Gasteiger partial charge in [-0.05, 0) is 30.7 Å². The zero-order valence-electron chi connectivity index (χ0n) is 12.1. The van der Waals surface area contributed by atoms with Crippen molar-refractivity contribution in [1.82, 2.24) is 5.32 Å². The summed E-state index contributed by atoms with van der Waals surface area (Å²) >= 11 is 1.62. The molecule has 0 saturated heterocycles. The summed E-state index contributed by atoms with van der Waals surface area (Å²) in [6, 6.07) is 3.97. The summed E-state index contributed by atoms with van der Waals surface area (Å²) in [5.41, 5.74) is 0. The third-order valence-corrected chi connectivity index (χ3v) is 4.85. The van der Waals surface area contributed by atoms with Crippen LogP contribution in [0.5, 0.6) is 0 Å². The zero-order chi connectivity index (χ0) is 15.2. The number of hydrogen-bond acceptors (Lipinski definition) is 3. The molecule has 0 fully saturated rings. The fourth-order valence-corrected chi connectivity index (χ4v) is 3.53. The highest BCUT2D eigenvalue weighted by atomic mass is 32.1. The van der Waals surface area contributed by atoms with Crippen LogP contribution in [0.15, 0.2) is 29.7 Å². The van der Waals surface area contributed by atoms with Crippen molar-refractivity contribution in [2.75, 3.05) is 0 Å². The second kappa shape index (κ2) is 7.41. The van der Waals surface area contributed by atoms with E-state index in [0.29, 0.717) is 12.8 Å². The van der Waals surface area contributed by atoms with Gasteiger partial charge in [-0.25, -0.2) is 0 Å². The van der Waals surface area contributed by atoms with E-state index in [9.17, 15) is 14.7 Å². The summed E-state index contributed by atoms with van der Waals surface area (Å²) in [6.07, 6.45) is 6.54. The molecule has 1 heterocycles. The molecule has 1 amide bonds. The molecule has 5 heteroatoms. The molecular weight excluding hydrogens is 286 g/mol. The van der Waals surface area contributed by atoms with Crippen LogP contribution in [0.1, 0.15) is 43.5 Å². The number of carboxylic acids is 1. The van der Waals surface area contributed by atoms with Crippen LogP contribution in [0, 0.1) is 11.8 Å². The van der Waals surface area contributed by atoms with E-state index in [1.54, 1.807) is 11.3 Å². The number of amides is 1. The predicted octanol–water partition coefficient (Wildman–Crippen LogP) is 3.37. The molecule has 2 rings (SSSR count). The summed E-state index contributed by atoms with van der Waals surface area (Å²) in [6.45, 7) is 2.08. The number of thiophene rings is 1. The quantitative estimate of drug-likeness (QED) is 0.792. The highest BCUT2D eigenvalue weighted by molar-refractivity contribution is 7.10. The molecule has 3 atom stereocenters. The number of rotatable bonds is 6. The standard InChI is InChI=1S/C16H21NO3S/c1-2-6-13(14-9-5-10-21-14)17-15(18)11-7-3-4-8-12(11)16(19)20/h3-5,9-13H,2,6-8H2,1H3,(H,17,18)(H,19,20). The molecule has 2 N–H and O–H groups in total. The van der Waals surface area contributed by atoms with Gasteiger partial charge in [0.15, 0.2) is 0 Å². The number of carbonyl (C=O) groups is 2. The average Bonchev–Trinajstić information content (AvgIpc) is 3.00. The number of allylic oxidation sites excluding steroid dienone is 2. The van der Waals surface area contributed by atoms with E-state index in [-0.39, 0.29) is 11.9 Å². The summed E-state index contributed by atoms with van der Waals surface area (Å²) in [5.74, 6) is -2.10. The SMILES string of the molecule is CCCC(NC(=O)C1CC=CCC1C(=O)O)c1cccs1. The first-order chi connectivity index (χ1) is 10.1. The summed E-state index contributed by atoms with van der Waals surface area (Å²) < 4.78 is 0. The van der Waals surface area contributed by atoms with Crippen molar-refractivity contribution in [2.24, 2.45) is 11.8 Å². The van der Waals surface area contributed by atoms with Gasteiger partial charge in [0, 0.05) is 4.88 Å². The van der Waals surface area contributed by atoms with Crippen LogP contribution < -0.4 is 5.32 Å². The van der Waals surface area contributed by atoms with Gasteiger partial charge < -0.3 is 10.4 Å². The number of carboxylic acid groups (broad SMARTS) is 1. The molecule has 1 aromatic rings. The van der Waals surface area contributed by atoms with Gasteiger partial charge >= 0.3 is 5.97 Å². The van der Waals surface area contributed by atoms with E-state index >= 15 is 0 Å². The molecule has 21 heavy (non-hydrogen) atoms. The van der Waals surface area contributed by atoms with Gasteiger partial charge in [-0.2, -0.15) is 0 Å². The lowest BCUT2D eigenvalue weighted by molar-refractivity contribution is -0.147. The van der Waals surface area contributed by atoms with E-state index in [4.69, 9.17) is 0 Å². The van der Waals surface area contributed by atoms with Crippen LogP contribution >= 0.6 is 11.3 Å². The Labute approximate surface area is 128 Å². The van der Waals surface area contributed by atoms with Crippen molar-refractivity contribution in [2.45, 2.75) is 38.6 Å². The number of aliphatic carboxylic acids is 1. The maximum Gasteiger partial charge on any atom is 0.307 e. The fraction of sp³-hybridized carbons (Fsp3) is 0.500. The third kappa shape index (κ3) is 3.94. The van der Waals surface area contributed by atoms with Crippen LogP contribution in [0.4, 0.5) is 0 Å². The van der Waals surface area contributed by atoms with Gasteiger partial charge in [-0.1, -0.05) is 31.6 Å². The monoisotopic (exact) mass is 307 g/mol. The van der Waals surface area contributed by atoms with Crippen molar-refractivity contribution in [3.8, 4) is 0 Å². The molecule has 1 aromatic heterocycles.